The van der Waals surface area contributed by atoms with Crippen molar-refractivity contribution in [1.29, 1.82) is 0 Å². The maximum absolute atomic E-state index is 3.89. The van der Waals surface area contributed by atoms with E-state index in [1.807, 2.05) is 0 Å². The molecule has 0 spiro atoms. The minimum Gasteiger partial charge on any atom is -0.103 e. The SMILES string of the molecule is C=CC(CCCC)CCCCC. The third kappa shape index (κ3) is 6.45. The molecule has 0 rings (SSSR count). The highest BCUT2D eigenvalue weighted by Gasteiger charge is 2.01. The van der Waals surface area contributed by atoms with Gasteiger partial charge in [-0.05, 0) is 18.8 Å². The molecule has 0 saturated carbocycles. The molecule has 1 unspecified atom stereocenters. The molecule has 0 radical (unpaired) electrons. The van der Waals surface area contributed by atoms with Crippen LogP contribution in [-0.2, 0) is 0 Å². The molecular weight excluding hydrogens is 144 g/mol. The van der Waals surface area contributed by atoms with Gasteiger partial charge in [-0.2, -0.15) is 0 Å². The quantitative estimate of drug-likeness (QED) is 0.368. The summed E-state index contributed by atoms with van der Waals surface area (Å²) >= 11 is 0. The number of unbranched alkanes of at least 4 members (excludes halogenated alkanes) is 3. The second kappa shape index (κ2) is 8.83. The summed E-state index contributed by atoms with van der Waals surface area (Å²) in [5.74, 6) is 0.788. The van der Waals surface area contributed by atoms with Crippen LogP contribution in [0.15, 0.2) is 12.7 Å². The first-order valence-corrected chi connectivity index (χ1v) is 5.47. The molecule has 0 aromatic heterocycles. The van der Waals surface area contributed by atoms with Crippen molar-refractivity contribution in [1.82, 2.24) is 0 Å². The van der Waals surface area contributed by atoms with Gasteiger partial charge in [0.25, 0.3) is 0 Å². The van der Waals surface area contributed by atoms with E-state index in [4.69, 9.17) is 0 Å². The van der Waals surface area contributed by atoms with Gasteiger partial charge in [0.2, 0.25) is 0 Å². The fourth-order valence-electron chi connectivity index (χ4n) is 1.50. The highest BCUT2D eigenvalue weighted by atomic mass is 14.1. The van der Waals surface area contributed by atoms with E-state index in [2.05, 4.69) is 26.5 Å². The Labute approximate surface area is 78.1 Å². The maximum atomic E-state index is 3.89. The van der Waals surface area contributed by atoms with E-state index in [1.54, 1.807) is 0 Å². The topological polar surface area (TPSA) is 0 Å². The van der Waals surface area contributed by atoms with Gasteiger partial charge >= 0.3 is 0 Å². The molecule has 0 heterocycles. The number of hydrogen-bond acceptors (Lipinski definition) is 0. The highest BCUT2D eigenvalue weighted by molar-refractivity contribution is 4.78. The van der Waals surface area contributed by atoms with Crippen molar-refractivity contribution in [3.8, 4) is 0 Å². The van der Waals surface area contributed by atoms with Crippen molar-refractivity contribution < 1.29 is 0 Å². The van der Waals surface area contributed by atoms with Crippen LogP contribution in [0.5, 0.6) is 0 Å². The standard InChI is InChI=1S/C12H24/c1-4-7-9-11-12(6-3)10-8-5-2/h6,12H,3-5,7-11H2,1-2H3. The Hall–Kier alpha value is -0.260. The Balaban J connectivity index is 3.32. The molecule has 12 heavy (non-hydrogen) atoms. The molecule has 0 fully saturated rings. The van der Waals surface area contributed by atoms with E-state index >= 15 is 0 Å². The van der Waals surface area contributed by atoms with Crippen molar-refractivity contribution in [2.24, 2.45) is 5.92 Å². The largest absolute Gasteiger partial charge is 0.103 e. The first-order chi connectivity index (χ1) is 5.85. The van der Waals surface area contributed by atoms with Crippen LogP contribution in [-0.4, -0.2) is 0 Å². The molecule has 0 aromatic rings. The maximum Gasteiger partial charge on any atom is -0.0236 e. The lowest BCUT2D eigenvalue weighted by Crippen LogP contribution is -1.95. The third-order valence-corrected chi connectivity index (χ3v) is 2.44. The van der Waals surface area contributed by atoms with Crippen molar-refractivity contribution in [2.45, 2.75) is 58.8 Å². The van der Waals surface area contributed by atoms with Gasteiger partial charge in [-0.3, -0.25) is 0 Å². The van der Waals surface area contributed by atoms with E-state index < -0.39 is 0 Å². The van der Waals surface area contributed by atoms with Crippen LogP contribution in [0, 0.1) is 5.92 Å². The summed E-state index contributed by atoms with van der Waals surface area (Å²) in [4.78, 5) is 0. The normalized spacial score (nSPS) is 12.8. The van der Waals surface area contributed by atoms with Gasteiger partial charge in [-0.15, -0.1) is 6.58 Å². The summed E-state index contributed by atoms with van der Waals surface area (Å²) < 4.78 is 0. The molecule has 72 valence electrons. The first kappa shape index (κ1) is 11.7. The van der Waals surface area contributed by atoms with Crippen LogP contribution in [0.25, 0.3) is 0 Å². The predicted octanol–water partition coefficient (Wildman–Crippen LogP) is 4.56. The van der Waals surface area contributed by atoms with E-state index in [-0.39, 0.29) is 0 Å². The van der Waals surface area contributed by atoms with Crippen molar-refractivity contribution >= 4 is 0 Å². The predicted molar refractivity (Wildman–Crippen MR) is 57.4 cm³/mol. The summed E-state index contributed by atoms with van der Waals surface area (Å²) in [7, 11) is 0. The Morgan fingerprint density at radius 2 is 1.58 bits per heavy atom. The summed E-state index contributed by atoms with van der Waals surface area (Å²) in [6.45, 7) is 8.41. The van der Waals surface area contributed by atoms with Gasteiger partial charge in [0.15, 0.2) is 0 Å². The van der Waals surface area contributed by atoms with Crippen LogP contribution in [0.1, 0.15) is 58.8 Å². The summed E-state index contributed by atoms with van der Waals surface area (Å²) in [5.41, 5.74) is 0. The van der Waals surface area contributed by atoms with E-state index in [0.29, 0.717) is 0 Å². The lowest BCUT2D eigenvalue weighted by Gasteiger charge is -2.10. The highest BCUT2D eigenvalue weighted by Crippen LogP contribution is 2.17. The fraction of sp³-hybridized carbons (Fsp3) is 0.833. The minimum absolute atomic E-state index is 0.788. The van der Waals surface area contributed by atoms with E-state index in [9.17, 15) is 0 Å². The van der Waals surface area contributed by atoms with Gasteiger partial charge < -0.3 is 0 Å². The van der Waals surface area contributed by atoms with Gasteiger partial charge in [0.1, 0.15) is 0 Å². The van der Waals surface area contributed by atoms with Crippen molar-refractivity contribution in [3.63, 3.8) is 0 Å². The minimum atomic E-state index is 0.788. The molecule has 0 amide bonds. The average molecular weight is 168 g/mol. The Morgan fingerprint density at radius 1 is 1.00 bits per heavy atom. The fourth-order valence-corrected chi connectivity index (χ4v) is 1.50. The number of allylic oxidation sites excluding steroid dienone is 1. The average Bonchev–Trinajstić information content (AvgIpc) is 2.11. The molecule has 0 heteroatoms. The van der Waals surface area contributed by atoms with Crippen molar-refractivity contribution in [3.05, 3.63) is 12.7 Å². The zero-order valence-corrected chi connectivity index (χ0v) is 8.81. The van der Waals surface area contributed by atoms with Crippen LogP contribution < -0.4 is 0 Å². The Morgan fingerprint density at radius 3 is 2.08 bits per heavy atom. The van der Waals surface area contributed by atoms with Crippen molar-refractivity contribution in [2.75, 3.05) is 0 Å². The molecule has 0 aliphatic carbocycles. The second-order valence-electron chi connectivity index (χ2n) is 3.63. The van der Waals surface area contributed by atoms with Gasteiger partial charge in [0, 0.05) is 0 Å². The molecule has 0 saturated heterocycles. The summed E-state index contributed by atoms with van der Waals surface area (Å²) in [6, 6.07) is 0. The molecule has 0 bridgehead atoms. The zero-order chi connectivity index (χ0) is 9.23. The zero-order valence-electron chi connectivity index (χ0n) is 8.81. The van der Waals surface area contributed by atoms with Crippen LogP contribution in [0.4, 0.5) is 0 Å². The summed E-state index contributed by atoms with van der Waals surface area (Å²) in [5, 5.41) is 0. The number of rotatable bonds is 8. The van der Waals surface area contributed by atoms with Crippen LogP contribution >= 0.6 is 0 Å². The molecular formula is C12H24. The number of hydrogen-bond donors (Lipinski definition) is 0. The molecule has 1 atom stereocenters. The second-order valence-corrected chi connectivity index (χ2v) is 3.63. The van der Waals surface area contributed by atoms with Gasteiger partial charge in [-0.25, -0.2) is 0 Å². The van der Waals surface area contributed by atoms with Gasteiger partial charge in [0.05, 0.1) is 0 Å². The smallest absolute Gasteiger partial charge is 0.0236 e. The van der Waals surface area contributed by atoms with Crippen LogP contribution in [0.2, 0.25) is 0 Å². The first-order valence-electron chi connectivity index (χ1n) is 5.47. The molecule has 0 N–H and O–H groups in total. The molecule has 0 aliphatic heterocycles. The molecule has 0 nitrogen and oxygen atoms in total. The Bertz CT molecular complexity index is 94.2. The monoisotopic (exact) mass is 168 g/mol. The Kier molecular flexibility index (Phi) is 8.64. The third-order valence-electron chi connectivity index (χ3n) is 2.44. The van der Waals surface area contributed by atoms with E-state index in [0.717, 1.165) is 5.92 Å². The lowest BCUT2D eigenvalue weighted by molar-refractivity contribution is 0.489. The van der Waals surface area contributed by atoms with E-state index in [1.165, 1.54) is 44.9 Å². The molecule has 0 aliphatic rings. The van der Waals surface area contributed by atoms with Gasteiger partial charge in [-0.1, -0.05) is 52.0 Å². The van der Waals surface area contributed by atoms with Crippen LogP contribution in [0.3, 0.4) is 0 Å². The summed E-state index contributed by atoms with van der Waals surface area (Å²) in [6.07, 6.45) is 11.6. The lowest BCUT2D eigenvalue weighted by atomic mass is 9.96. The molecule has 0 aromatic carbocycles.